The van der Waals surface area contributed by atoms with Gasteiger partial charge in [-0.25, -0.2) is 0 Å². The number of oxime groups is 1. The van der Waals surface area contributed by atoms with Crippen LogP contribution in [0.4, 0.5) is 0 Å². The molecule has 3 aromatic rings. The zero-order valence-electron chi connectivity index (χ0n) is 9.33. The molecule has 0 radical (unpaired) electrons. The monoisotopic (exact) mass is 242 g/mol. The average Bonchev–Trinajstić information content (AvgIpc) is 3.06. The van der Waals surface area contributed by atoms with E-state index in [4.69, 9.17) is 5.21 Å². The summed E-state index contributed by atoms with van der Waals surface area (Å²) in [6.07, 6.45) is 2.32. The highest BCUT2D eigenvalue weighted by Crippen LogP contribution is 2.19. The number of nitrogens with one attached hydrogen (secondary N) is 2. The fraction of sp³-hybridized carbons (Fsp3) is 0.0909. The first-order valence-electron chi connectivity index (χ1n) is 5.38. The van der Waals surface area contributed by atoms with Crippen LogP contribution in [0.25, 0.3) is 10.9 Å². The van der Waals surface area contributed by atoms with Crippen molar-refractivity contribution in [3.63, 3.8) is 0 Å². The lowest BCUT2D eigenvalue weighted by molar-refractivity contribution is 0.318. The van der Waals surface area contributed by atoms with Gasteiger partial charge < -0.3 is 10.2 Å². The smallest absolute Gasteiger partial charge is 0.222 e. The zero-order valence-corrected chi connectivity index (χ0v) is 9.33. The molecule has 3 N–H and O–H groups in total. The van der Waals surface area contributed by atoms with Gasteiger partial charge in [-0.05, 0) is 16.8 Å². The standard InChI is InChI=1S/C11H10N6O/c18-15-10(11-13-16-17-14-11)5-7-6-12-9-4-2-1-3-8(7)9/h1-4,6,12,18H,5H2,(H,13,14,16,17). The maximum atomic E-state index is 9.02. The minimum Gasteiger partial charge on any atom is -0.411 e. The summed E-state index contributed by atoms with van der Waals surface area (Å²) in [6.45, 7) is 0. The summed E-state index contributed by atoms with van der Waals surface area (Å²) in [7, 11) is 0. The Bertz CT molecular complexity index is 684. The quantitative estimate of drug-likeness (QED) is 0.363. The Morgan fingerprint density at radius 1 is 1.33 bits per heavy atom. The number of nitrogens with zero attached hydrogens (tertiary/aromatic N) is 4. The van der Waals surface area contributed by atoms with Crippen LogP contribution in [-0.2, 0) is 6.42 Å². The van der Waals surface area contributed by atoms with Gasteiger partial charge in [0.05, 0.1) is 0 Å². The second-order valence-corrected chi connectivity index (χ2v) is 3.82. The first-order valence-corrected chi connectivity index (χ1v) is 5.38. The van der Waals surface area contributed by atoms with Gasteiger partial charge in [0.25, 0.3) is 0 Å². The van der Waals surface area contributed by atoms with Crippen molar-refractivity contribution in [2.24, 2.45) is 5.16 Å². The second kappa shape index (κ2) is 4.28. The summed E-state index contributed by atoms with van der Waals surface area (Å²) in [4.78, 5) is 3.16. The van der Waals surface area contributed by atoms with Crippen LogP contribution >= 0.6 is 0 Å². The number of fused-ring (bicyclic) bond motifs is 1. The maximum absolute atomic E-state index is 9.02. The topological polar surface area (TPSA) is 103 Å². The molecule has 0 saturated heterocycles. The molecule has 2 aromatic heterocycles. The van der Waals surface area contributed by atoms with E-state index in [0.717, 1.165) is 16.5 Å². The van der Waals surface area contributed by atoms with Crippen LogP contribution in [0.3, 0.4) is 0 Å². The van der Waals surface area contributed by atoms with E-state index in [-0.39, 0.29) is 0 Å². The Morgan fingerprint density at radius 3 is 3.00 bits per heavy atom. The maximum Gasteiger partial charge on any atom is 0.222 e. The summed E-state index contributed by atoms with van der Waals surface area (Å²) in [5.74, 6) is 0.294. The van der Waals surface area contributed by atoms with Crippen molar-refractivity contribution >= 4 is 16.6 Å². The third kappa shape index (κ3) is 1.71. The van der Waals surface area contributed by atoms with Crippen LogP contribution in [0.5, 0.6) is 0 Å². The third-order valence-electron chi connectivity index (χ3n) is 2.76. The van der Waals surface area contributed by atoms with Gasteiger partial charge in [0, 0.05) is 23.5 Å². The van der Waals surface area contributed by atoms with Crippen molar-refractivity contribution in [2.75, 3.05) is 0 Å². The fourth-order valence-corrected chi connectivity index (χ4v) is 1.90. The van der Waals surface area contributed by atoms with Gasteiger partial charge in [-0.3, -0.25) is 0 Å². The normalized spacial score (nSPS) is 12.1. The van der Waals surface area contributed by atoms with Gasteiger partial charge in [-0.1, -0.05) is 23.4 Å². The summed E-state index contributed by atoms with van der Waals surface area (Å²) >= 11 is 0. The van der Waals surface area contributed by atoms with Crippen LogP contribution in [0.2, 0.25) is 0 Å². The number of benzene rings is 1. The number of para-hydroxylation sites is 1. The van der Waals surface area contributed by atoms with Gasteiger partial charge in [-0.2, -0.15) is 5.21 Å². The highest BCUT2D eigenvalue weighted by atomic mass is 16.4. The molecular formula is C11H10N6O. The molecule has 18 heavy (non-hydrogen) atoms. The molecule has 0 aliphatic heterocycles. The minimum absolute atomic E-state index is 0.294. The first kappa shape index (κ1) is 10.5. The van der Waals surface area contributed by atoms with Crippen LogP contribution in [0.1, 0.15) is 11.4 Å². The molecule has 0 aliphatic carbocycles. The Labute approximate surface area is 102 Å². The van der Waals surface area contributed by atoms with E-state index in [1.807, 2.05) is 30.5 Å². The number of aromatic amines is 2. The van der Waals surface area contributed by atoms with E-state index in [2.05, 4.69) is 30.8 Å². The van der Waals surface area contributed by atoms with Gasteiger partial charge in [0.1, 0.15) is 5.71 Å². The lowest BCUT2D eigenvalue weighted by atomic mass is 10.1. The molecule has 0 amide bonds. The lowest BCUT2D eigenvalue weighted by Crippen LogP contribution is -2.07. The van der Waals surface area contributed by atoms with Crippen molar-refractivity contribution in [1.82, 2.24) is 25.6 Å². The van der Waals surface area contributed by atoms with E-state index in [9.17, 15) is 0 Å². The molecule has 2 heterocycles. The Hall–Kier alpha value is -2.70. The second-order valence-electron chi connectivity index (χ2n) is 3.82. The Balaban J connectivity index is 1.97. The van der Waals surface area contributed by atoms with Gasteiger partial charge in [0.2, 0.25) is 5.82 Å². The highest BCUT2D eigenvalue weighted by Gasteiger charge is 2.13. The van der Waals surface area contributed by atoms with E-state index >= 15 is 0 Å². The van der Waals surface area contributed by atoms with Crippen LogP contribution in [-0.4, -0.2) is 36.5 Å². The van der Waals surface area contributed by atoms with Crippen LogP contribution < -0.4 is 0 Å². The third-order valence-corrected chi connectivity index (χ3v) is 2.76. The molecule has 7 heteroatoms. The molecule has 0 bridgehead atoms. The minimum atomic E-state index is 0.294. The molecular weight excluding hydrogens is 232 g/mol. The van der Waals surface area contributed by atoms with Crippen molar-refractivity contribution in [3.8, 4) is 0 Å². The predicted octanol–water partition coefficient (Wildman–Crippen LogP) is 1.10. The van der Waals surface area contributed by atoms with E-state index in [1.54, 1.807) is 0 Å². The lowest BCUT2D eigenvalue weighted by Gasteiger charge is -1.98. The van der Waals surface area contributed by atoms with Crippen molar-refractivity contribution in [2.45, 2.75) is 6.42 Å². The van der Waals surface area contributed by atoms with Gasteiger partial charge >= 0.3 is 0 Å². The molecule has 0 spiro atoms. The molecule has 0 atom stereocenters. The molecule has 3 rings (SSSR count). The zero-order chi connectivity index (χ0) is 12.4. The summed E-state index contributed by atoms with van der Waals surface area (Å²) in [6, 6.07) is 7.92. The summed E-state index contributed by atoms with van der Waals surface area (Å²) in [5, 5.41) is 26.7. The van der Waals surface area contributed by atoms with Crippen molar-refractivity contribution < 1.29 is 5.21 Å². The van der Waals surface area contributed by atoms with E-state index < -0.39 is 0 Å². The molecule has 7 nitrogen and oxygen atoms in total. The number of hydrogen-bond acceptors (Lipinski definition) is 5. The average molecular weight is 242 g/mol. The Kier molecular flexibility index (Phi) is 2.49. The summed E-state index contributed by atoms with van der Waals surface area (Å²) < 4.78 is 0. The number of tetrazole rings is 1. The number of aromatic nitrogens is 5. The van der Waals surface area contributed by atoms with E-state index in [0.29, 0.717) is 18.0 Å². The molecule has 1 aromatic carbocycles. The van der Waals surface area contributed by atoms with Crippen molar-refractivity contribution in [3.05, 3.63) is 41.9 Å². The van der Waals surface area contributed by atoms with E-state index in [1.165, 1.54) is 0 Å². The van der Waals surface area contributed by atoms with Crippen LogP contribution in [0.15, 0.2) is 35.6 Å². The Morgan fingerprint density at radius 2 is 2.22 bits per heavy atom. The molecule has 0 aliphatic rings. The number of H-pyrrole nitrogens is 2. The largest absolute Gasteiger partial charge is 0.411 e. The van der Waals surface area contributed by atoms with Crippen molar-refractivity contribution in [1.29, 1.82) is 0 Å². The molecule has 0 fully saturated rings. The SMILES string of the molecule is ON=C(Cc1c[nH]c2ccccc12)c1nn[nH]n1. The number of rotatable bonds is 3. The predicted molar refractivity (Wildman–Crippen MR) is 64.5 cm³/mol. The summed E-state index contributed by atoms with van der Waals surface area (Å²) in [5.41, 5.74) is 2.43. The molecule has 90 valence electrons. The first-order chi connectivity index (χ1) is 8.88. The number of hydrogen-bond donors (Lipinski definition) is 3. The molecule has 0 saturated carbocycles. The highest BCUT2D eigenvalue weighted by molar-refractivity contribution is 6.00. The van der Waals surface area contributed by atoms with Gasteiger partial charge in [-0.15, -0.1) is 10.2 Å². The molecule has 0 unspecified atom stereocenters. The fourth-order valence-electron chi connectivity index (χ4n) is 1.90. The van der Waals surface area contributed by atoms with Gasteiger partial charge in [0.15, 0.2) is 0 Å². The van der Waals surface area contributed by atoms with Crippen LogP contribution in [0, 0.1) is 0 Å².